The Morgan fingerprint density at radius 3 is 2.26 bits per heavy atom. The van der Waals surface area contributed by atoms with E-state index < -0.39 is 0 Å². The zero-order chi connectivity index (χ0) is 17.0. The number of hydrogen-bond acceptors (Lipinski definition) is 3. The Bertz CT molecular complexity index is 414. The quantitative estimate of drug-likeness (QED) is 0.780. The molecule has 23 heavy (non-hydrogen) atoms. The summed E-state index contributed by atoms with van der Waals surface area (Å²) in [6, 6.07) is 1.28. The zero-order valence-electron chi connectivity index (χ0n) is 15.2. The molecular formula is C18H33N3O2. The zero-order valence-corrected chi connectivity index (χ0v) is 15.2. The molecule has 2 amide bonds. The van der Waals surface area contributed by atoms with Gasteiger partial charge in [0, 0.05) is 38.1 Å². The van der Waals surface area contributed by atoms with E-state index in [1.165, 1.54) is 12.8 Å². The van der Waals surface area contributed by atoms with Gasteiger partial charge in [-0.05, 0) is 38.5 Å². The molecule has 0 unspecified atom stereocenters. The fraction of sp³-hybridized carbons (Fsp3) is 0.889. The maximum absolute atomic E-state index is 12.5. The molecule has 0 radical (unpaired) electrons. The van der Waals surface area contributed by atoms with Crippen molar-refractivity contribution in [3.05, 3.63) is 0 Å². The topological polar surface area (TPSA) is 52.7 Å². The van der Waals surface area contributed by atoms with Gasteiger partial charge in [0.1, 0.15) is 0 Å². The number of amides is 2. The summed E-state index contributed by atoms with van der Waals surface area (Å²) in [6.45, 7) is 10.4. The molecule has 5 nitrogen and oxygen atoms in total. The molecule has 0 bridgehead atoms. The molecule has 132 valence electrons. The van der Waals surface area contributed by atoms with E-state index in [0.29, 0.717) is 24.5 Å². The maximum Gasteiger partial charge on any atom is 0.234 e. The monoisotopic (exact) mass is 323 g/mol. The largest absolute Gasteiger partial charge is 0.352 e. The minimum absolute atomic E-state index is 0.136. The Morgan fingerprint density at radius 2 is 1.78 bits per heavy atom. The van der Waals surface area contributed by atoms with Crippen molar-refractivity contribution in [1.82, 2.24) is 15.1 Å². The van der Waals surface area contributed by atoms with Gasteiger partial charge >= 0.3 is 0 Å². The molecule has 1 N–H and O–H groups in total. The van der Waals surface area contributed by atoms with E-state index in [0.717, 1.165) is 32.4 Å². The molecule has 0 aromatic carbocycles. The third-order valence-electron chi connectivity index (χ3n) is 5.64. The van der Waals surface area contributed by atoms with Gasteiger partial charge in [-0.2, -0.15) is 0 Å². The highest BCUT2D eigenvalue weighted by Crippen LogP contribution is 2.31. The lowest BCUT2D eigenvalue weighted by Gasteiger charge is -2.34. The van der Waals surface area contributed by atoms with Crippen LogP contribution in [0.3, 0.4) is 0 Å². The average molecular weight is 323 g/mol. The van der Waals surface area contributed by atoms with Gasteiger partial charge in [0.25, 0.3) is 0 Å². The van der Waals surface area contributed by atoms with Gasteiger partial charge in [0.15, 0.2) is 0 Å². The van der Waals surface area contributed by atoms with Crippen LogP contribution in [0.2, 0.25) is 0 Å². The predicted octanol–water partition coefficient (Wildman–Crippen LogP) is 2.01. The van der Waals surface area contributed by atoms with E-state index in [-0.39, 0.29) is 17.9 Å². The van der Waals surface area contributed by atoms with E-state index in [9.17, 15) is 9.59 Å². The summed E-state index contributed by atoms with van der Waals surface area (Å²) < 4.78 is 0. The van der Waals surface area contributed by atoms with Crippen molar-refractivity contribution < 1.29 is 9.59 Å². The molecule has 1 saturated carbocycles. The third-order valence-corrected chi connectivity index (χ3v) is 5.64. The second-order valence-electron chi connectivity index (χ2n) is 7.38. The minimum Gasteiger partial charge on any atom is -0.352 e. The van der Waals surface area contributed by atoms with Crippen LogP contribution >= 0.6 is 0 Å². The molecule has 5 heteroatoms. The van der Waals surface area contributed by atoms with Gasteiger partial charge < -0.3 is 10.2 Å². The average Bonchev–Trinajstić information content (AvgIpc) is 3.36. The molecule has 2 fully saturated rings. The van der Waals surface area contributed by atoms with Crippen molar-refractivity contribution in [2.24, 2.45) is 5.92 Å². The number of carbonyl (C=O) groups excluding carboxylic acids is 2. The number of nitrogens with zero attached hydrogens (tertiary/aromatic N) is 2. The van der Waals surface area contributed by atoms with Crippen LogP contribution in [0, 0.1) is 5.92 Å². The van der Waals surface area contributed by atoms with E-state index in [2.05, 4.69) is 31.0 Å². The molecular weight excluding hydrogens is 290 g/mol. The van der Waals surface area contributed by atoms with E-state index in [1.54, 1.807) is 6.92 Å². The molecule has 0 aromatic rings. The first-order valence-corrected chi connectivity index (χ1v) is 9.23. The van der Waals surface area contributed by atoms with Gasteiger partial charge in [-0.15, -0.1) is 0 Å². The summed E-state index contributed by atoms with van der Waals surface area (Å²) in [5, 5.41) is 3.18. The van der Waals surface area contributed by atoms with Crippen molar-refractivity contribution in [2.45, 2.75) is 77.9 Å². The van der Waals surface area contributed by atoms with Crippen molar-refractivity contribution in [3.63, 3.8) is 0 Å². The van der Waals surface area contributed by atoms with E-state index >= 15 is 0 Å². The van der Waals surface area contributed by atoms with Crippen LogP contribution in [0.5, 0.6) is 0 Å². The standard InChI is InChI=1S/C18H33N3O2/c1-5-13(2)14(3)21(17-6-7-17)12-18(23)19-16-8-10-20(11-9-16)15(4)22/h13-14,16-17H,5-12H2,1-4H3,(H,19,23)/t13-,14+/m0/s1. The van der Waals surface area contributed by atoms with Crippen LogP contribution in [0.25, 0.3) is 0 Å². The molecule has 1 saturated heterocycles. The minimum atomic E-state index is 0.136. The Labute approximate surface area is 140 Å². The summed E-state index contributed by atoms with van der Waals surface area (Å²) in [6.07, 6.45) is 5.34. The molecule has 2 rings (SSSR count). The molecule has 1 aliphatic heterocycles. The number of hydrogen-bond donors (Lipinski definition) is 1. The Morgan fingerprint density at radius 1 is 1.17 bits per heavy atom. The SMILES string of the molecule is CC[C@H](C)[C@@H](C)N(CC(=O)NC1CCN(C(C)=O)CC1)C1CC1. The molecule has 0 spiro atoms. The number of likely N-dealkylation sites (tertiary alicyclic amines) is 1. The van der Waals surface area contributed by atoms with Crippen LogP contribution in [0.15, 0.2) is 0 Å². The summed E-state index contributed by atoms with van der Waals surface area (Å²) >= 11 is 0. The highest BCUT2D eigenvalue weighted by atomic mass is 16.2. The van der Waals surface area contributed by atoms with Crippen LogP contribution in [-0.2, 0) is 9.59 Å². The van der Waals surface area contributed by atoms with Crippen molar-refractivity contribution >= 4 is 11.8 Å². The first kappa shape index (κ1) is 18.2. The highest BCUT2D eigenvalue weighted by Gasteiger charge is 2.35. The van der Waals surface area contributed by atoms with Crippen LogP contribution < -0.4 is 5.32 Å². The Hall–Kier alpha value is -1.10. The summed E-state index contributed by atoms with van der Waals surface area (Å²) in [5.41, 5.74) is 0. The fourth-order valence-corrected chi connectivity index (χ4v) is 3.46. The van der Waals surface area contributed by atoms with E-state index in [4.69, 9.17) is 0 Å². The predicted molar refractivity (Wildman–Crippen MR) is 92.1 cm³/mol. The number of rotatable bonds is 7. The number of nitrogens with one attached hydrogen (secondary N) is 1. The van der Waals surface area contributed by atoms with E-state index in [1.807, 2.05) is 4.90 Å². The van der Waals surface area contributed by atoms with Crippen molar-refractivity contribution in [2.75, 3.05) is 19.6 Å². The molecule has 0 aromatic heterocycles. The van der Waals surface area contributed by atoms with Crippen molar-refractivity contribution in [1.29, 1.82) is 0 Å². The second-order valence-corrected chi connectivity index (χ2v) is 7.38. The lowest BCUT2D eigenvalue weighted by Crippen LogP contribution is -2.50. The normalized spacial score (nSPS) is 22.0. The summed E-state index contributed by atoms with van der Waals surface area (Å²) in [5.74, 6) is 0.896. The Balaban J connectivity index is 1.80. The van der Waals surface area contributed by atoms with Crippen molar-refractivity contribution in [3.8, 4) is 0 Å². The van der Waals surface area contributed by atoms with Crippen LogP contribution in [0.4, 0.5) is 0 Å². The maximum atomic E-state index is 12.5. The Kier molecular flexibility index (Phi) is 6.45. The number of carbonyl (C=O) groups is 2. The smallest absolute Gasteiger partial charge is 0.234 e. The molecule has 1 heterocycles. The lowest BCUT2D eigenvalue weighted by atomic mass is 9.99. The fourth-order valence-electron chi connectivity index (χ4n) is 3.46. The third kappa shape index (κ3) is 5.20. The molecule has 2 aliphatic rings. The van der Waals surface area contributed by atoms with Gasteiger partial charge in [0.05, 0.1) is 6.54 Å². The molecule has 1 aliphatic carbocycles. The van der Waals surface area contributed by atoms with Gasteiger partial charge in [-0.1, -0.05) is 20.3 Å². The molecule has 2 atom stereocenters. The summed E-state index contributed by atoms with van der Waals surface area (Å²) in [4.78, 5) is 28.1. The van der Waals surface area contributed by atoms with Crippen LogP contribution in [-0.4, -0.2) is 59.4 Å². The first-order chi connectivity index (χ1) is 10.9. The first-order valence-electron chi connectivity index (χ1n) is 9.23. The lowest BCUT2D eigenvalue weighted by molar-refractivity contribution is -0.130. The summed E-state index contributed by atoms with van der Waals surface area (Å²) in [7, 11) is 0. The van der Waals surface area contributed by atoms with Crippen LogP contribution in [0.1, 0.15) is 59.8 Å². The van der Waals surface area contributed by atoms with Gasteiger partial charge in [-0.3, -0.25) is 14.5 Å². The second kappa shape index (κ2) is 8.13. The highest BCUT2D eigenvalue weighted by molar-refractivity contribution is 5.78. The van der Waals surface area contributed by atoms with Gasteiger partial charge in [0.2, 0.25) is 11.8 Å². The van der Waals surface area contributed by atoms with Gasteiger partial charge in [-0.25, -0.2) is 0 Å². The number of piperidine rings is 1.